The van der Waals surface area contributed by atoms with Gasteiger partial charge < -0.3 is 9.47 Å². The van der Waals surface area contributed by atoms with Gasteiger partial charge in [0.05, 0.1) is 11.5 Å². The number of ether oxygens (including phenoxy) is 2. The summed E-state index contributed by atoms with van der Waals surface area (Å²) in [7, 11) is 0. The van der Waals surface area contributed by atoms with Crippen LogP contribution in [0.5, 0.6) is 0 Å². The number of cyclic esters (lactones) is 1. The van der Waals surface area contributed by atoms with Gasteiger partial charge in [-0.2, -0.15) is 0 Å². The van der Waals surface area contributed by atoms with Gasteiger partial charge in [0, 0.05) is 0 Å². The predicted molar refractivity (Wildman–Crippen MR) is 105 cm³/mol. The Labute approximate surface area is 161 Å². The Hall–Kier alpha value is -2.82. The van der Waals surface area contributed by atoms with Gasteiger partial charge in [-0.25, -0.2) is 4.79 Å². The van der Waals surface area contributed by atoms with Gasteiger partial charge in [-0.05, 0) is 31.2 Å². The summed E-state index contributed by atoms with van der Waals surface area (Å²) in [5.41, 5.74) is -0.0118. The third kappa shape index (κ3) is 4.67. The Morgan fingerprint density at radius 3 is 2.44 bits per heavy atom. The molecule has 0 spiro atoms. The van der Waals surface area contributed by atoms with Crippen molar-refractivity contribution in [2.75, 3.05) is 6.73 Å². The Balaban J connectivity index is 2.24. The Bertz CT molecular complexity index is 673. The standard InChI is InChI=1S/C22H27NO4/c1-4-7-13-19-22(14-5-2,15-6-3)20(24)27-17-23(19)21(25)26-16-18-11-9-8-10-12-18/h4-6,8-12,19H,1-3,7,13-17H2/t19-/m0/s1. The maximum absolute atomic E-state index is 12.8. The molecule has 0 saturated carbocycles. The molecule has 1 saturated heterocycles. The van der Waals surface area contributed by atoms with Crippen molar-refractivity contribution < 1.29 is 19.1 Å². The first-order valence-corrected chi connectivity index (χ1v) is 9.06. The van der Waals surface area contributed by atoms with Crippen molar-refractivity contribution in [1.29, 1.82) is 0 Å². The summed E-state index contributed by atoms with van der Waals surface area (Å²) in [4.78, 5) is 27.0. The molecule has 1 aliphatic rings. The number of carbonyl (C=O) groups is 2. The molecule has 1 aliphatic heterocycles. The normalized spacial score (nSPS) is 18.3. The van der Waals surface area contributed by atoms with Gasteiger partial charge >= 0.3 is 12.1 Å². The van der Waals surface area contributed by atoms with Crippen LogP contribution in [0, 0.1) is 5.41 Å². The molecule has 1 aromatic rings. The van der Waals surface area contributed by atoms with Gasteiger partial charge in [0.15, 0.2) is 6.73 Å². The van der Waals surface area contributed by atoms with Crippen molar-refractivity contribution in [2.45, 2.75) is 38.3 Å². The molecule has 1 atom stereocenters. The van der Waals surface area contributed by atoms with E-state index in [2.05, 4.69) is 19.7 Å². The van der Waals surface area contributed by atoms with E-state index in [1.54, 1.807) is 18.2 Å². The zero-order valence-corrected chi connectivity index (χ0v) is 15.6. The molecule has 0 aromatic heterocycles. The SMILES string of the molecule is C=CCC[C@@H]1N(C(=O)OCc2ccccc2)COC(=O)C1(CC=C)CC=C. The molecule has 0 bridgehead atoms. The highest BCUT2D eigenvalue weighted by atomic mass is 16.6. The highest BCUT2D eigenvalue weighted by molar-refractivity contribution is 5.81. The van der Waals surface area contributed by atoms with Gasteiger partial charge in [-0.3, -0.25) is 9.69 Å². The third-order valence-corrected chi connectivity index (χ3v) is 4.86. The van der Waals surface area contributed by atoms with Crippen LogP contribution in [0.4, 0.5) is 4.79 Å². The minimum absolute atomic E-state index is 0.121. The van der Waals surface area contributed by atoms with E-state index in [1.807, 2.05) is 30.3 Å². The molecule has 1 fully saturated rings. The molecule has 0 aliphatic carbocycles. The summed E-state index contributed by atoms with van der Waals surface area (Å²) in [6.07, 6.45) is 6.68. The number of carbonyl (C=O) groups excluding carboxylic acids is 2. The average Bonchev–Trinajstić information content (AvgIpc) is 2.68. The van der Waals surface area contributed by atoms with E-state index >= 15 is 0 Å². The molecule has 5 nitrogen and oxygen atoms in total. The molecule has 1 aromatic carbocycles. The van der Waals surface area contributed by atoms with E-state index in [1.165, 1.54) is 4.90 Å². The highest BCUT2D eigenvalue weighted by Gasteiger charge is 2.52. The van der Waals surface area contributed by atoms with Crippen molar-refractivity contribution in [1.82, 2.24) is 4.90 Å². The maximum Gasteiger partial charge on any atom is 0.413 e. The van der Waals surface area contributed by atoms with Crippen molar-refractivity contribution >= 4 is 12.1 Å². The summed E-state index contributed by atoms with van der Waals surface area (Å²) in [6.45, 7) is 11.4. The summed E-state index contributed by atoms with van der Waals surface area (Å²) < 4.78 is 10.8. The van der Waals surface area contributed by atoms with Crippen LogP contribution >= 0.6 is 0 Å². The van der Waals surface area contributed by atoms with E-state index < -0.39 is 11.5 Å². The first-order chi connectivity index (χ1) is 13.1. The molecule has 1 amide bonds. The fraction of sp³-hybridized carbons (Fsp3) is 0.364. The molecule has 144 valence electrons. The zero-order valence-electron chi connectivity index (χ0n) is 15.6. The van der Waals surface area contributed by atoms with E-state index in [0.717, 1.165) is 5.56 Å². The second-order valence-corrected chi connectivity index (χ2v) is 6.59. The second-order valence-electron chi connectivity index (χ2n) is 6.59. The minimum atomic E-state index is -0.906. The van der Waals surface area contributed by atoms with Crippen LogP contribution in [0.3, 0.4) is 0 Å². The van der Waals surface area contributed by atoms with Crippen LogP contribution in [0.15, 0.2) is 68.3 Å². The van der Waals surface area contributed by atoms with Crippen molar-refractivity contribution in [2.24, 2.45) is 5.41 Å². The number of hydrogen-bond donors (Lipinski definition) is 0. The highest BCUT2D eigenvalue weighted by Crippen LogP contribution is 2.42. The van der Waals surface area contributed by atoms with Crippen molar-refractivity contribution in [3.05, 3.63) is 73.9 Å². The number of allylic oxidation sites excluding steroid dienone is 3. The van der Waals surface area contributed by atoms with Crippen LogP contribution in [-0.2, 0) is 20.9 Å². The summed E-state index contributed by atoms with van der Waals surface area (Å²) in [5, 5.41) is 0. The Morgan fingerprint density at radius 1 is 1.19 bits per heavy atom. The van der Waals surface area contributed by atoms with Crippen LogP contribution in [0.2, 0.25) is 0 Å². The largest absolute Gasteiger partial charge is 0.444 e. The van der Waals surface area contributed by atoms with Gasteiger partial charge in [-0.1, -0.05) is 48.6 Å². The number of nitrogens with zero attached hydrogens (tertiary/aromatic N) is 1. The lowest BCUT2D eigenvalue weighted by Crippen LogP contribution is -2.59. The van der Waals surface area contributed by atoms with Crippen LogP contribution in [-0.4, -0.2) is 29.7 Å². The topological polar surface area (TPSA) is 55.8 Å². The lowest BCUT2D eigenvalue weighted by Gasteiger charge is -2.46. The molecular formula is C22H27NO4. The Morgan fingerprint density at radius 2 is 1.85 bits per heavy atom. The summed E-state index contributed by atoms with van der Waals surface area (Å²) in [5.74, 6) is -0.330. The molecule has 1 heterocycles. The smallest absolute Gasteiger partial charge is 0.413 e. The first-order valence-electron chi connectivity index (χ1n) is 9.06. The Kier molecular flexibility index (Phi) is 7.41. The first kappa shape index (κ1) is 20.5. The molecule has 27 heavy (non-hydrogen) atoms. The van der Waals surface area contributed by atoms with Crippen molar-refractivity contribution in [3.63, 3.8) is 0 Å². The van der Waals surface area contributed by atoms with Gasteiger partial charge in [0.25, 0.3) is 0 Å². The average molecular weight is 369 g/mol. The number of esters is 1. The second kappa shape index (κ2) is 9.76. The molecule has 5 heteroatoms. The number of rotatable bonds is 9. The predicted octanol–water partition coefficient (Wildman–Crippen LogP) is 4.61. The van der Waals surface area contributed by atoms with E-state index in [9.17, 15) is 9.59 Å². The van der Waals surface area contributed by atoms with E-state index in [-0.39, 0.29) is 25.3 Å². The lowest BCUT2D eigenvalue weighted by molar-refractivity contribution is -0.180. The molecular weight excluding hydrogens is 342 g/mol. The van der Waals surface area contributed by atoms with Crippen molar-refractivity contribution in [3.8, 4) is 0 Å². The van der Waals surface area contributed by atoms with E-state index in [0.29, 0.717) is 25.7 Å². The number of hydrogen-bond acceptors (Lipinski definition) is 4. The number of amides is 1. The molecule has 0 N–H and O–H groups in total. The van der Waals surface area contributed by atoms with Gasteiger partial charge in [-0.15, -0.1) is 19.7 Å². The van der Waals surface area contributed by atoms with Crippen LogP contribution < -0.4 is 0 Å². The molecule has 0 radical (unpaired) electrons. The molecule has 2 rings (SSSR count). The monoisotopic (exact) mass is 369 g/mol. The lowest BCUT2D eigenvalue weighted by atomic mass is 9.71. The maximum atomic E-state index is 12.8. The van der Waals surface area contributed by atoms with E-state index in [4.69, 9.17) is 9.47 Å². The van der Waals surface area contributed by atoms with Crippen LogP contribution in [0.25, 0.3) is 0 Å². The quantitative estimate of drug-likeness (QED) is 0.471. The van der Waals surface area contributed by atoms with Crippen LogP contribution in [0.1, 0.15) is 31.2 Å². The number of benzene rings is 1. The minimum Gasteiger partial charge on any atom is -0.444 e. The fourth-order valence-electron chi connectivity index (χ4n) is 3.52. The van der Waals surface area contributed by atoms with Gasteiger partial charge in [0.2, 0.25) is 0 Å². The summed E-state index contributed by atoms with van der Waals surface area (Å²) >= 11 is 0. The third-order valence-electron chi connectivity index (χ3n) is 4.86. The zero-order chi connectivity index (χ0) is 19.7. The summed E-state index contributed by atoms with van der Waals surface area (Å²) in [6, 6.07) is 9.07. The fourth-order valence-corrected chi connectivity index (χ4v) is 3.52. The van der Waals surface area contributed by atoms with Gasteiger partial charge in [0.1, 0.15) is 6.61 Å². The molecule has 0 unspecified atom stereocenters.